The standard InChI is InChI=1S/C20H29NO4S/c22-26(23,16-18-4-2-1-3-5-18)21-11-9-20(10-12-21)14-19(8-13-25-20)24-15-17-6-7-17/h1-5,17,19H,6-16H2. The number of piperidine rings is 1. The second-order valence-electron chi connectivity index (χ2n) is 8.06. The van der Waals surface area contributed by atoms with E-state index in [2.05, 4.69) is 0 Å². The maximum atomic E-state index is 12.7. The molecule has 1 spiro atoms. The zero-order valence-electron chi connectivity index (χ0n) is 15.3. The molecule has 1 aromatic carbocycles. The molecule has 3 fully saturated rings. The topological polar surface area (TPSA) is 55.8 Å². The number of ether oxygens (including phenoxy) is 2. The SMILES string of the molecule is O=S(=O)(Cc1ccccc1)N1CCC2(CC1)CC(OCC1CC1)CCO2. The van der Waals surface area contributed by atoms with E-state index in [1.165, 1.54) is 12.8 Å². The number of hydrogen-bond acceptors (Lipinski definition) is 4. The van der Waals surface area contributed by atoms with Gasteiger partial charge in [-0.25, -0.2) is 12.7 Å². The third-order valence-corrected chi connectivity index (χ3v) is 7.78. The Kier molecular flexibility index (Phi) is 5.37. The Hall–Kier alpha value is -0.950. The molecule has 2 saturated heterocycles. The van der Waals surface area contributed by atoms with Crippen LogP contribution in [0, 0.1) is 5.92 Å². The molecule has 3 aliphatic rings. The van der Waals surface area contributed by atoms with Crippen molar-refractivity contribution in [1.82, 2.24) is 4.31 Å². The van der Waals surface area contributed by atoms with Crippen molar-refractivity contribution in [2.45, 2.75) is 56.0 Å². The summed E-state index contributed by atoms with van der Waals surface area (Å²) in [7, 11) is -3.27. The molecule has 1 aromatic rings. The van der Waals surface area contributed by atoms with Crippen LogP contribution in [-0.2, 0) is 25.2 Å². The van der Waals surface area contributed by atoms with E-state index < -0.39 is 10.0 Å². The first-order chi connectivity index (χ1) is 12.5. The summed E-state index contributed by atoms with van der Waals surface area (Å²) in [4.78, 5) is 0. The van der Waals surface area contributed by atoms with Gasteiger partial charge in [0.15, 0.2) is 0 Å². The molecule has 0 radical (unpaired) electrons. The van der Waals surface area contributed by atoms with Gasteiger partial charge in [0.1, 0.15) is 0 Å². The predicted molar refractivity (Wildman–Crippen MR) is 100 cm³/mol. The lowest BCUT2D eigenvalue weighted by molar-refractivity contribution is -0.151. The smallest absolute Gasteiger partial charge is 0.218 e. The van der Waals surface area contributed by atoms with Gasteiger partial charge in [0.2, 0.25) is 10.0 Å². The maximum Gasteiger partial charge on any atom is 0.218 e. The minimum absolute atomic E-state index is 0.0782. The van der Waals surface area contributed by atoms with Gasteiger partial charge in [-0.15, -0.1) is 0 Å². The summed E-state index contributed by atoms with van der Waals surface area (Å²) >= 11 is 0. The van der Waals surface area contributed by atoms with E-state index in [1.807, 2.05) is 30.3 Å². The highest BCUT2D eigenvalue weighted by molar-refractivity contribution is 7.88. The van der Waals surface area contributed by atoms with Crippen LogP contribution in [0.25, 0.3) is 0 Å². The third kappa shape index (κ3) is 4.47. The molecule has 0 N–H and O–H groups in total. The van der Waals surface area contributed by atoms with E-state index in [4.69, 9.17) is 9.47 Å². The van der Waals surface area contributed by atoms with Crippen molar-refractivity contribution < 1.29 is 17.9 Å². The van der Waals surface area contributed by atoms with Crippen molar-refractivity contribution in [3.05, 3.63) is 35.9 Å². The first-order valence-electron chi connectivity index (χ1n) is 9.82. The molecule has 4 rings (SSSR count). The number of benzene rings is 1. The van der Waals surface area contributed by atoms with Crippen molar-refractivity contribution in [2.75, 3.05) is 26.3 Å². The molecule has 0 aromatic heterocycles. The molecule has 144 valence electrons. The van der Waals surface area contributed by atoms with Crippen LogP contribution in [0.4, 0.5) is 0 Å². The molecule has 0 amide bonds. The van der Waals surface area contributed by atoms with E-state index in [-0.39, 0.29) is 17.5 Å². The quantitative estimate of drug-likeness (QED) is 0.763. The normalized spacial score (nSPS) is 26.8. The average Bonchev–Trinajstić information content (AvgIpc) is 3.46. The van der Waals surface area contributed by atoms with Gasteiger partial charge < -0.3 is 9.47 Å². The van der Waals surface area contributed by atoms with Crippen LogP contribution < -0.4 is 0 Å². The molecule has 2 aliphatic heterocycles. The number of nitrogens with zero attached hydrogens (tertiary/aromatic N) is 1. The summed E-state index contributed by atoms with van der Waals surface area (Å²) in [6.07, 6.45) is 6.30. The Labute approximate surface area is 156 Å². The van der Waals surface area contributed by atoms with E-state index in [0.29, 0.717) is 13.1 Å². The number of rotatable bonds is 6. The van der Waals surface area contributed by atoms with Gasteiger partial charge in [-0.3, -0.25) is 0 Å². The average molecular weight is 380 g/mol. The molecule has 1 unspecified atom stereocenters. The van der Waals surface area contributed by atoms with Crippen LogP contribution in [0.3, 0.4) is 0 Å². The fourth-order valence-electron chi connectivity index (χ4n) is 4.08. The molecule has 26 heavy (non-hydrogen) atoms. The molecule has 6 heteroatoms. The van der Waals surface area contributed by atoms with Gasteiger partial charge >= 0.3 is 0 Å². The van der Waals surface area contributed by atoms with Gasteiger partial charge in [-0.05, 0) is 43.6 Å². The summed E-state index contributed by atoms with van der Waals surface area (Å²) < 4.78 is 39.3. The second kappa shape index (κ2) is 7.58. The molecular formula is C20H29NO4S. The largest absolute Gasteiger partial charge is 0.378 e. The zero-order chi connectivity index (χ0) is 18.0. The summed E-state index contributed by atoms with van der Waals surface area (Å²) in [6, 6.07) is 9.41. The van der Waals surface area contributed by atoms with E-state index in [0.717, 1.165) is 50.4 Å². The van der Waals surface area contributed by atoms with Gasteiger partial charge in [0.05, 0.1) is 17.5 Å². The molecule has 1 atom stereocenters. The lowest BCUT2D eigenvalue weighted by atomic mass is 9.84. The van der Waals surface area contributed by atoms with Crippen molar-refractivity contribution in [1.29, 1.82) is 0 Å². The molecule has 1 aliphatic carbocycles. The van der Waals surface area contributed by atoms with Crippen molar-refractivity contribution in [2.24, 2.45) is 5.92 Å². The van der Waals surface area contributed by atoms with Crippen LogP contribution in [0.5, 0.6) is 0 Å². The van der Waals surface area contributed by atoms with Gasteiger partial charge in [-0.1, -0.05) is 30.3 Å². The lowest BCUT2D eigenvalue weighted by Gasteiger charge is -2.45. The first kappa shape index (κ1) is 18.4. The fraction of sp³-hybridized carbons (Fsp3) is 0.700. The van der Waals surface area contributed by atoms with Crippen LogP contribution in [-0.4, -0.2) is 50.7 Å². The lowest BCUT2D eigenvalue weighted by Crippen LogP contribution is -2.52. The Morgan fingerprint density at radius 2 is 1.85 bits per heavy atom. The predicted octanol–water partition coefficient (Wildman–Crippen LogP) is 2.96. The zero-order valence-corrected chi connectivity index (χ0v) is 16.1. The van der Waals surface area contributed by atoms with Crippen molar-refractivity contribution in [3.63, 3.8) is 0 Å². The number of hydrogen-bond donors (Lipinski definition) is 0. The molecule has 1 saturated carbocycles. The van der Waals surface area contributed by atoms with Crippen LogP contribution in [0.1, 0.15) is 44.1 Å². The highest BCUT2D eigenvalue weighted by Crippen LogP contribution is 2.38. The van der Waals surface area contributed by atoms with Crippen LogP contribution in [0.2, 0.25) is 0 Å². The van der Waals surface area contributed by atoms with Crippen molar-refractivity contribution >= 4 is 10.0 Å². The molecular weight excluding hydrogens is 350 g/mol. The first-order valence-corrected chi connectivity index (χ1v) is 11.4. The Morgan fingerprint density at radius 1 is 1.12 bits per heavy atom. The van der Waals surface area contributed by atoms with Crippen LogP contribution in [0.15, 0.2) is 30.3 Å². The van der Waals surface area contributed by atoms with Gasteiger partial charge in [0, 0.05) is 32.7 Å². The fourth-order valence-corrected chi connectivity index (χ4v) is 5.61. The van der Waals surface area contributed by atoms with E-state index >= 15 is 0 Å². The summed E-state index contributed by atoms with van der Waals surface area (Å²) in [6.45, 7) is 2.71. The molecule has 2 heterocycles. The maximum absolute atomic E-state index is 12.7. The molecule has 5 nitrogen and oxygen atoms in total. The van der Waals surface area contributed by atoms with Gasteiger partial charge in [0.25, 0.3) is 0 Å². The second-order valence-corrected chi connectivity index (χ2v) is 10.0. The summed E-state index contributed by atoms with van der Waals surface area (Å²) in [5, 5.41) is 0. The summed E-state index contributed by atoms with van der Waals surface area (Å²) in [5.41, 5.74) is 0.654. The Balaban J connectivity index is 1.32. The van der Waals surface area contributed by atoms with Gasteiger partial charge in [-0.2, -0.15) is 0 Å². The van der Waals surface area contributed by atoms with Crippen molar-refractivity contribution in [3.8, 4) is 0 Å². The van der Waals surface area contributed by atoms with Crippen LogP contribution >= 0.6 is 0 Å². The highest BCUT2D eigenvalue weighted by atomic mass is 32.2. The Morgan fingerprint density at radius 3 is 2.54 bits per heavy atom. The number of sulfonamides is 1. The monoisotopic (exact) mass is 379 g/mol. The summed E-state index contributed by atoms with van der Waals surface area (Å²) in [5.74, 6) is 0.855. The highest BCUT2D eigenvalue weighted by Gasteiger charge is 2.43. The minimum Gasteiger partial charge on any atom is -0.378 e. The Bertz CT molecular complexity index is 694. The third-order valence-electron chi connectivity index (χ3n) is 5.93. The molecule has 0 bridgehead atoms. The van der Waals surface area contributed by atoms with E-state index in [9.17, 15) is 8.42 Å². The van der Waals surface area contributed by atoms with E-state index in [1.54, 1.807) is 4.31 Å². The minimum atomic E-state index is -3.27.